The zero-order chi connectivity index (χ0) is 9.68. The van der Waals surface area contributed by atoms with Gasteiger partial charge in [0.15, 0.2) is 5.78 Å². The smallest absolute Gasteiger partial charge is 0.158 e. The first-order valence-electron chi connectivity index (χ1n) is 5.46. The van der Waals surface area contributed by atoms with Gasteiger partial charge in [0, 0.05) is 6.42 Å². The molecule has 0 aromatic rings. The fourth-order valence-corrected chi connectivity index (χ4v) is 1.72. The lowest BCUT2D eigenvalue weighted by Gasteiger charge is -2.17. The highest BCUT2D eigenvalue weighted by Crippen LogP contribution is 2.24. The van der Waals surface area contributed by atoms with Crippen LogP contribution in [0.4, 0.5) is 0 Å². The van der Waals surface area contributed by atoms with Crippen LogP contribution in [0.15, 0.2) is 11.6 Å². The van der Waals surface area contributed by atoms with Crippen molar-refractivity contribution in [3.8, 4) is 0 Å². The summed E-state index contributed by atoms with van der Waals surface area (Å²) in [5, 5.41) is 0. The minimum absolute atomic E-state index is 0.397. The predicted octanol–water partition coefficient (Wildman–Crippen LogP) is 3.49. The lowest BCUT2D eigenvalue weighted by Crippen LogP contribution is -2.09. The van der Waals surface area contributed by atoms with Crippen molar-refractivity contribution in [1.29, 1.82) is 0 Å². The van der Waals surface area contributed by atoms with E-state index in [4.69, 9.17) is 0 Å². The molecule has 1 rings (SSSR count). The largest absolute Gasteiger partial charge is 0.295 e. The third kappa shape index (κ3) is 3.33. The van der Waals surface area contributed by atoms with Crippen LogP contribution in [0.1, 0.15) is 52.4 Å². The van der Waals surface area contributed by atoms with Gasteiger partial charge in [-0.3, -0.25) is 4.79 Å². The van der Waals surface area contributed by atoms with Crippen LogP contribution in [0.25, 0.3) is 0 Å². The van der Waals surface area contributed by atoms with E-state index in [2.05, 4.69) is 19.9 Å². The second-order valence-corrected chi connectivity index (χ2v) is 4.14. The molecule has 0 bridgehead atoms. The van der Waals surface area contributed by atoms with Gasteiger partial charge in [0.25, 0.3) is 0 Å². The molecule has 0 aromatic carbocycles. The summed E-state index contributed by atoms with van der Waals surface area (Å²) in [5.41, 5.74) is 1.10. The molecule has 0 aromatic heterocycles. The number of rotatable bonds is 4. The summed E-state index contributed by atoms with van der Waals surface area (Å²) in [6, 6.07) is 0. The Morgan fingerprint density at radius 2 is 2.38 bits per heavy atom. The van der Waals surface area contributed by atoms with Crippen molar-refractivity contribution in [2.24, 2.45) is 5.92 Å². The number of hydrogen-bond donors (Lipinski definition) is 0. The van der Waals surface area contributed by atoms with Gasteiger partial charge in [-0.25, -0.2) is 0 Å². The van der Waals surface area contributed by atoms with Crippen LogP contribution in [-0.4, -0.2) is 5.78 Å². The average molecular weight is 180 g/mol. The van der Waals surface area contributed by atoms with Gasteiger partial charge in [-0.05, 0) is 37.2 Å². The first-order chi connectivity index (χ1) is 6.24. The Morgan fingerprint density at radius 1 is 1.62 bits per heavy atom. The zero-order valence-electron chi connectivity index (χ0n) is 8.81. The summed E-state index contributed by atoms with van der Waals surface area (Å²) in [4.78, 5) is 11.6. The Kier molecular flexibility index (Phi) is 4.20. The van der Waals surface area contributed by atoms with Gasteiger partial charge in [-0.1, -0.05) is 26.3 Å². The number of allylic oxidation sites excluding steroid dienone is 2. The van der Waals surface area contributed by atoms with Crippen molar-refractivity contribution < 1.29 is 4.79 Å². The summed E-state index contributed by atoms with van der Waals surface area (Å²) < 4.78 is 0. The molecular formula is C12H20O. The summed E-state index contributed by atoms with van der Waals surface area (Å²) in [7, 11) is 0. The Balaban J connectivity index is 2.38. The lowest BCUT2D eigenvalue weighted by atomic mass is 9.88. The quantitative estimate of drug-likeness (QED) is 0.647. The first-order valence-corrected chi connectivity index (χ1v) is 5.46. The molecular weight excluding hydrogens is 160 g/mol. The molecule has 0 saturated heterocycles. The minimum atomic E-state index is 0.397. The van der Waals surface area contributed by atoms with Crippen LogP contribution >= 0.6 is 0 Å². The molecule has 1 aliphatic rings. The maximum atomic E-state index is 11.6. The highest BCUT2D eigenvalue weighted by Gasteiger charge is 2.14. The van der Waals surface area contributed by atoms with Gasteiger partial charge in [-0.2, -0.15) is 0 Å². The molecule has 0 heterocycles. The van der Waals surface area contributed by atoms with Crippen LogP contribution in [0, 0.1) is 5.92 Å². The second-order valence-electron chi connectivity index (χ2n) is 4.14. The molecule has 0 radical (unpaired) electrons. The van der Waals surface area contributed by atoms with E-state index in [0.29, 0.717) is 5.78 Å². The van der Waals surface area contributed by atoms with E-state index in [1.807, 2.05) is 0 Å². The van der Waals surface area contributed by atoms with E-state index < -0.39 is 0 Å². The summed E-state index contributed by atoms with van der Waals surface area (Å²) in [6.45, 7) is 4.38. The van der Waals surface area contributed by atoms with Crippen molar-refractivity contribution >= 4 is 5.78 Å². The SMILES string of the molecule is CCCCC(=O)C1=CCC(C)CC1. The van der Waals surface area contributed by atoms with Gasteiger partial charge >= 0.3 is 0 Å². The van der Waals surface area contributed by atoms with Crippen molar-refractivity contribution in [3.05, 3.63) is 11.6 Å². The Hall–Kier alpha value is -0.590. The van der Waals surface area contributed by atoms with Gasteiger partial charge in [0.2, 0.25) is 0 Å². The second kappa shape index (κ2) is 5.21. The van der Waals surface area contributed by atoms with Crippen molar-refractivity contribution in [2.75, 3.05) is 0 Å². The topological polar surface area (TPSA) is 17.1 Å². The predicted molar refractivity (Wildman–Crippen MR) is 55.6 cm³/mol. The molecule has 0 amide bonds. The molecule has 1 unspecified atom stereocenters. The zero-order valence-corrected chi connectivity index (χ0v) is 8.81. The van der Waals surface area contributed by atoms with Crippen LogP contribution in [0.2, 0.25) is 0 Å². The third-order valence-corrected chi connectivity index (χ3v) is 2.79. The molecule has 0 saturated carbocycles. The van der Waals surface area contributed by atoms with Crippen LogP contribution in [-0.2, 0) is 4.79 Å². The molecule has 0 aliphatic heterocycles. The van der Waals surface area contributed by atoms with E-state index in [0.717, 1.165) is 43.6 Å². The Labute approximate surface area is 81.2 Å². The monoisotopic (exact) mass is 180 g/mol. The lowest BCUT2D eigenvalue weighted by molar-refractivity contribution is -0.115. The molecule has 0 fully saturated rings. The number of ketones is 1. The molecule has 13 heavy (non-hydrogen) atoms. The molecule has 1 aliphatic carbocycles. The standard InChI is InChI=1S/C12H20O/c1-3-4-5-12(13)11-8-6-10(2)7-9-11/h8,10H,3-7,9H2,1-2H3. The normalized spacial score (nSPS) is 22.6. The molecule has 1 atom stereocenters. The highest BCUT2D eigenvalue weighted by molar-refractivity contribution is 5.95. The van der Waals surface area contributed by atoms with Gasteiger partial charge < -0.3 is 0 Å². The molecule has 1 nitrogen and oxygen atoms in total. The van der Waals surface area contributed by atoms with Gasteiger partial charge in [0.05, 0.1) is 0 Å². The van der Waals surface area contributed by atoms with E-state index in [9.17, 15) is 4.79 Å². The minimum Gasteiger partial charge on any atom is -0.295 e. The number of hydrogen-bond acceptors (Lipinski definition) is 1. The van der Waals surface area contributed by atoms with Crippen LogP contribution < -0.4 is 0 Å². The van der Waals surface area contributed by atoms with E-state index in [1.165, 1.54) is 6.42 Å². The molecule has 1 heteroatoms. The van der Waals surface area contributed by atoms with E-state index in [1.54, 1.807) is 0 Å². The van der Waals surface area contributed by atoms with E-state index in [-0.39, 0.29) is 0 Å². The maximum absolute atomic E-state index is 11.6. The number of carbonyl (C=O) groups is 1. The summed E-state index contributed by atoms with van der Waals surface area (Å²) in [6.07, 6.45) is 8.41. The number of unbranched alkanes of at least 4 members (excludes halogenated alkanes) is 1. The number of carbonyl (C=O) groups excluding carboxylic acids is 1. The van der Waals surface area contributed by atoms with Crippen molar-refractivity contribution in [3.63, 3.8) is 0 Å². The fourth-order valence-electron chi connectivity index (χ4n) is 1.72. The number of Topliss-reactive ketones (excluding diaryl/α,β-unsaturated/α-hetero) is 1. The van der Waals surface area contributed by atoms with Crippen molar-refractivity contribution in [2.45, 2.75) is 52.4 Å². The van der Waals surface area contributed by atoms with Crippen molar-refractivity contribution in [1.82, 2.24) is 0 Å². The molecule has 74 valence electrons. The average Bonchev–Trinajstić information content (AvgIpc) is 2.15. The Bertz CT molecular complexity index is 203. The third-order valence-electron chi connectivity index (χ3n) is 2.79. The molecule has 0 spiro atoms. The summed E-state index contributed by atoms with van der Waals surface area (Å²) >= 11 is 0. The Morgan fingerprint density at radius 3 is 2.92 bits per heavy atom. The van der Waals surface area contributed by atoms with Crippen LogP contribution in [0.5, 0.6) is 0 Å². The maximum Gasteiger partial charge on any atom is 0.158 e. The fraction of sp³-hybridized carbons (Fsp3) is 0.750. The van der Waals surface area contributed by atoms with Gasteiger partial charge in [0.1, 0.15) is 0 Å². The first kappa shape index (κ1) is 10.5. The molecule has 0 N–H and O–H groups in total. The summed E-state index contributed by atoms with van der Waals surface area (Å²) in [5.74, 6) is 1.18. The van der Waals surface area contributed by atoms with Crippen LogP contribution in [0.3, 0.4) is 0 Å². The highest BCUT2D eigenvalue weighted by atomic mass is 16.1. The van der Waals surface area contributed by atoms with E-state index >= 15 is 0 Å². The van der Waals surface area contributed by atoms with Gasteiger partial charge in [-0.15, -0.1) is 0 Å².